The van der Waals surface area contributed by atoms with Crippen LogP contribution in [0.2, 0.25) is 0 Å². The lowest BCUT2D eigenvalue weighted by Crippen LogP contribution is -2.53. The summed E-state index contributed by atoms with van der Waals surface area (Å²) in [6, 6.07) is 8.27. The van der Waals surface area contributed by atoms with E-state index >= 15 is 0 Å². The molecule has 2 aromatic carbocycles. The Kier molecular flexibility index (Phi) is 5.68. The SMILES string of the molecule is O=C(CN1C(=O)c2cccc([N+](=O)[O-])c2C1=O)N1CCN(S(=O)(=O)c2cccc(F)c2)CC1. The molecule has 2 aliphatic rings. The minimum absolute atomic E-state index is 0.00328. The van der Waals surface area contributed by atoms with Gasteiger partial charge in [-0.15, -0.1) is 0 Å². The number of nitro benzene ring substituents is 1. The second kappa shape index (κ2) is 8.33. The Bertz CT molecular complexity index is 1290. The van der Waals surface area contributed by atoms with Gasteiger partial charge in [0.25, 0.3) is 17.5 Å². The average Bonchev–Trinajstić information content (AvgIpc) is 3.04. The number of nitro groups is 1. The van der Waals surface area contributed by atoms with Crippen molar-refractivity contribution in [3.63, 3.8) is 0 Å². The Balaban J connectivity index is 1.43. The molecule has 0 aromatic heterocycles. The molecule has 1 fully saturated rings. The van der Waals surface area contributed by atoms with E-state index in [1.807, 2.05) is 0 Å². The number of carbonyl (C=O) groups excluding carboxylic acids is 3. The van der Waals surface area contributed by atoms with Crippen LogP contribution in [0.4, 0.5) is 10.1 Å². The molecule has 0 aliphatic carbocycles. The van der Waals surface area contributed by atoms with Gasteiger partial charge in [0.15, 0.2) is 0 Å². The highest BCUT2D eigenvalue weighted by Gasteiger charge is 2.42. The molecule has 1 saturated heterocycles. The van der Waals surface area contributed by atoms with Gasteiger partial charge in [0.05, 0.1) is 15.4 Å². The molecule has 0 N–H and O–H groups in total. The van der Waals surface area contributed by atoms with Crippen molar-refractivity contribution in [2.75, 3.05) is 32.7 Å². The van der Waals surface area contributed by atoms with Crippen LogP contribution in [-0.4, -0.2) is 77.9 Å². The zero-order valence-corrected chi connectivity index (χ0v) is 17.8. The maximum absolute atomic E-state index is 13.4. The number of hydrogen-bond donors (Lipinski definition) is 0. The smallest absolute Gasteiger partial charge is 0.282 e. The van der Waals surface area contributed by atoms with Crippen LogP contribution in [-0.2, 0) is 14.8 Å². The maximum Gasteiger partial charge on any atom is 0.282 e. The molecule has 0 atom stereocenters. The summed E-state index contributed by atoms with van der Waals surface area (Å²) in [4.78, 5) is 50.1. The normalized spacial score (nSPS) is 16.8. The second-order valence-electron chi connectivity index (χ2n) is 7.40. The van der Waals surface area contributed by atoms with Crippen LogP contribution in [0.3, 0.4) is 0 Å². The number of sulfonamides is 1. The third kappa shape index (κ3) is 3.96. The van der Waals surface area contributed by atoms with Gasteiger partial charge < -0.3 is 4.90 Å². The zero-order valence-electron chi connectivity index (χ0n) is 17.0. The Morgan fingerprint density at radius 3 is 2.33 bits per heavy atom. The summed E-state index contributed by atoms with van der Waals surface area (Å²) in [6.45, 7) is -0.746. The predicted molar refractivity (Wildman–Crippen MR) is 110 cm³/mol. The molecular weight excluding hydrogens is 459 g/mol. The summed E-state index contributed by atoms with van der Waals surface area (Å²) in [5.74, 6) is -3.02. The van der Waals surface area contributed by atoms with Gasteiger partial charge >= 0.3 is 0 Å². The van der Waals surface area contributed by atoms with Crippen molar-refractivity contribution in [1.82, 2.24) is 14.1 Å². The van der Waals surface area contributed by atoms with Gasteiger partial charge in [-0.3, -0.25) is 29.4 Å². The number of imide groups is 1. The number of amides is 3. The van der Waals surface area contributed by atoms with Crippen LogP contribution < -0.4 is 0 Å². The molecule has 33 heavy (non-hydrogen) atoms. The summed E-state index contributed by atoms with van der Waals surface area (Å²) in [5, 5.41) is 11.2. The van der Waals surface area contributed by atoms with Gasteiger partial charge in [-0.2, -0.15) is 4.31 Å². The molecule has 4 rings (SSSR count). The van der Waals surface area contributed by atoms with Gasteiger partial charge in [-0.25, -0.2) is 12.8 Å². The molecule has 11 nitrogen and oxygen atoms in total. The molecule has 0 bridgehead atoms. The van der Waals surface area contributed by atoms with Crippen molar-refractivity contribution in [3.05, 3.63) is 69.5 Å². The van der Waals surface area contributed by atoms with Gasteiger partial charge in [-0.05, 0) is 24.3 Å². The molecule has 2 aliphatic heterocycles. The molecule has 0 spiro atoms. The largest absolute Gasteiger partial charge is 0.338 e. The lowest BCUT2D eigenvalue weighted by molar-refractivity contribution is -0.385. The predicted octanol–water partition coefficient (Wildman–Crippen LogP) is 0.863. The maximum atomic E-state index is 13.4. The number of nitrogens with zero attached hydrogens (tertiary/aromatic N) is 4. The monoisotopic (exact) mass is 476 g/mol. The van der Waals surface area contributed by atoms with Crippen LogP contribution in [0, 0.1) is 15.9 Å². The Labute approximate surface area is 187 Å². The van der Waals surface area contributed by atoms with E-state index in [2.05, 4.69) is 0 Å². The van der Waals surface area contributed by atoms with Crippen molar-refractivity contribution in [1.29, 1.82) is 0 Å². The number of fused-ring (bicyclic) bond motifs is 1. The highest BCUT2D eigenvalue weighted by atomic mass is 32.2. The number of carbonyl (C=O) groups is 3. The number of benzene rings is 2. The fraction of sp³-hybridized carbons (Fsp3) is 0.250. The van der Waals surface area contributed by atoms with E-state index in [0.29, 0.717) is 4.90 Å². The molecule has 2 heterocycles. The third-order valence-corrected chi connectivity index (χ3v) is 7.39. The van der Waals surface area contributed by atoms with Crippen LogP contribution in [0.1, 0.15) is 20.7 Å². The van der Waals surface area contributed by atoms with Gasteiger partial charge in [0.1, 0.15) is 17.9 Å². The van der Waals surface area contributed by atoms with E-state index in [4.69, 9.17) is 0 Å². The zero-order chi connectivity index (χ0) is 23.9. The van der Waals surface area contributed by atoms with Crippen LogP contribution >= 0.6 is 0 Å². The van der Waals surface area contributed by atoms with E-state index in [0.717, 1.165) is 22.5 Å². The fourth-order valence-corrected chi connectivity index (χ4v) is 5.26. The summed E-state index contributed by atoms with van der Waals surface area (Å²) in [6.07, 6.45) is 0. The first-order valence-electron chi connectivity index (χ1n) is 9.78. The van der Waals surface area contributed by atoms with E-state index in [-0.39, 0.29) is 42.2 Å². The van der Waals surface area contributed by atoms with E-state index in [1.54, 1.807) is 0 Å². The van der Waals surface area contributed by atoms with Crippen molar-refractivity contribution >= 4 is 33.4 Å². The minimum atomic E-state index is -3.95. The minimum Gasteiger partial charge on any atom is -0.338 e. The first kappa shape index (κ1) is 22.5. The van der Waals surface area contributed by atoms with E-state index in [1.165, 1.54) is 29.2 Å². The van der Waals surface area contributed by atoms with Gasteiger partial charge in [0.2, 0.25) is 15.9 Å². The third-order valence-electron chi connectivity index (χ3n) is 5.49. The van der Waals surface area contributed by atoms with E-state index in [9.17, 15) is 37.3 Å². The van der Waals surface area contributed by atoms with Crippen molar-refractivity contribution in [3.8, 4) is 0 Å². The summed E-state index contributed by atoms with van der Waals surface area (Å²) < 4.78 is 39.9. The second-order valence-corrected chi connectivity index (χ2v) is 9.33. The Morgan fingerprint density at radius 2 is 1.70 bits per heavy atom. The van der Waals surface area contributed by atoms with E-state index < -0.39 is 50.7 Å². The topological polar surface area (TPSA) is 138 Å². The molecule has 0 saturated carbocycles. The lowest BCUT2D eigenvalue weighted by atomic mass is 10.1. The average molecular weight is 476 g/mol. The highest BCUT2D eigenvalue weighted by molar-refractivity contribution is 7.89. The van der Waals surface area contributed by atoms with Crippen molar-refractivity contribution in [2.45, 2.75) is 4.90 Å². The molecule has 3 amide bonds. The van der Waals surface area contributed by atoms with Crippen molar-refractivity contribution in [2.24, 2.45) is 0 Å². The van der Waals surface area contributed by atoms with Crippen LogP contribution in [0.25, 0.3) is 0 Å². The molecule has 0 radical (unpaired) electrons. The quantitative estimate of drug-likeness (QED) is 0.354. The van der Waals surface area contributed by atoms with Crippen LogP contribution in [0.15, 0.2) is 47.4 Å². The lowest BCUT2D eigenvalue weighted by Gasteiger charge is -2.34. The first-order valence-corrected chi connectivity index (χ1v) is 11.2. The first-order chi connectivity index (χ1) is 15.6. The molecule has 172 valence electrons. The summed E-state index contributed by atoms with van der Waals surface area (Å²) in [7, 11) is -3.95. The Morgan fingerprint density at radius 1 is 1.03 bits per heavy atom. The molecular formula is C20H17FN4O7S. The molecule has 13 heteroatoms. The van der Waals surface area contributed by atoms with Crippen molar-refractivity contribution < 1.29 is 32.1 Å². The standard InChI is InChI=1S/C20H17FN4O7S/c21-13-3-1-4-14(11-13)33(31,32)23-9-7-22(8-10-23)17(26)12-24-19(27)15-5-2-6-16(25(29)30)18(15)20(24)28/h1-6,11H,7-10,12H2. The molecule has 2 aromatic rings. The van der Waals surface area contributed by atoms with Crippen LogP contribution in [0.5, 0.6) is 0 Å². The van der Waals surface area contributed by atoms with Gasteiger partial charge in [0, 0.05) is 32.2 Å². The number of rotatable bonds is 5. The summed E-state index contributed by atoms with van der Waals surface area (Å²) in [5.41, 5.74) is -1.02. The number of hydrogen-bond acceptors (Lipinski definition) is 7. The molecule has 0 unspecified atom stereocenters. The highest BCUT2D eigenvalue weighted by Crippen LogP contribution is 2.30. The number of piperazine rings is 1. The fourth-order valence-electron chi connectivity index (χ4n) is 3.80. The number of halogens is 1. The summed E-state index contributed by atoms with van der Waals surface area (Å²) >= 11 is 0. The van der Waals surface area contributed by atoms with Gasteiger partial charge in [-0.1, -0.05) is 12.1 Å². The Hall–Kier alpha value is -3.71.